The number of ether oxygens (including phenoxy) is 1. The number of nitrogens with zero attached hydrogens (tertiary/aromatic N) is 3. The monoisotopic (exact) mass is 296 g/mol. The van der Waals surface area contributed by atoms with E-state index in [0.717, 1.165) is 54.4 Å². The summed E-state index contributed by atoms with van der Waals surface area (Å²) >= 11 is 5.42. The molecule has 0 aliphatic carbocycles. The topological polar surface area (TPSA) is 47.8 Å². The van der Waals surface area contributed by atoms with Gasteiger partial charge in [0.25, 0.3) is 0 Å². The van der Waals surface area contributed by atoms with Gasteiger partial charge < -0.3 is 14.3 Å². The first-order valence-electron chi connectivity index (χ1n) is 7.28. The molecule has 0 aromatic carbocycles. The van der Waals surface area contributed by atoms with Gasteiger partial charge in [-0.25, -0.2) is 4.68 Å². The molecule has 2 aromatic heterocycles. The van der Waals surface area contributed by atoms with Gasteiger partial charge in [0.05, 0.1) is 5.69 Å². The average Bonchev–Trinajstić information content (AvgIpc) is 2.87. The first kappa shape index (κ1) is 15.3. The number of hydrogen-bond acceptors (Lipinski definition) is 3. The highest BCUT2D eigenvalue weighted by Crippen LogP contribution is 2.18. The molecule has 112 valence electrons. The fourth-order valence-corrected chi connectivity index (χ4v) is 2.61. The van der Waals surface area contributed by atoms with Crippen molar-refractivity contribution >= 4 is 23.4 Å². The summed E-state index contributed by atoms with van der Waals surface area (Å²) in [5.74, 6) is 0.584. The second-order valence-corrected chi connectivity index (χ2v) is 5.89. The maximum Gasteiger partial charge on any atom is 0.179 e. The van der Waals surface area contributed by atoms with E-state index in [1.165, 1.54) is 0 Å². The van der Waals surface area contributed by atoms with E-state index in [-0.39, 0.29) is 0 Å². The van der Waals surface area contributed by atoms with E-state index < -0.39 is 0 Å². The van der Waals surface area contributed by atoms with E-state index >= 15 is 0 Å². The fourth-order valence-electron chi connectivity index (χ4n) is 2.33. The van der Waals surface area contributed by atoms with Crippen LogP contribution in [0.3, 0.4) is 0 Å². The summed E-state index contributed by atoms with van der Waals surface area (Å²) in [5, 5.41) is 4.52. The number of hydrogen-bond donors (Lipinski definition) is 1. The summed E-state index contributed by atoms with van der Waals surface area (Å²) in [7, 11) is 0. The molecule has 0 radical (unpaired) electrons. The Hall–Kier alpha value is -1.14. The maximum absolute atomic E-state index is 5.63. The van der Waals surface area contributed by atoms with E-state index in [1.54, 1.807) is 0 Å². The SMILES string of the molecule is CCn1nc(C)c2[nH]c(=S)n(CCCOCC(C)C)c21. The third kappa shape index (κ3) is 3.12. The normalized spacial score (nSPS) is 11.8. The zero-order chi connectivity index (χ0) is 14.7. The van der Waals surface area contributed by atoms with Crippen molar-refractivity contribution in [2.75, 3.05) is 13.2 Å². The molecule has 0 amide bonds. The molecule has 5 nitrogen and oxygen atoms in total. The van der Waals surface area contributed by atoms with Gasteiger partial charge in [0, 0.05) is 26.3 Å². The van der Waals surface area contributed by atoms with Crippen LogP contribution in [0.4, 0.5) is 0 Å². The van der Waals surface area contributed by atoms with Crippen LogP contribution >= 0.6 is 12.2 Å². The molecule has 2 rings (SSSR count). The van der Waals surface area contributed by atoms with Gasteiger partial charge in [0.1, 0.15) is 5.52 Å². The summed E-state index contributed by atoms with van der Waals surface area (Å²) < 4.78 is 10.5. The average molecular weight is 296 g/mol. The highest BCUT2D eigenvalue weighted by atomic mass is 32.1. The van der Waals surface area contributed by atoms with Crippen molar-refractivity contribution in [2.24, 2.45) is 5.92 Å². The summed E-state index contributed by atoms with van der Waals surface area (Å²) in [6, 6.07) is 0. The molecule has 2 aromatic rings. The quantitative estimate of drug-likeness (QED) is 0.630. The van der Waals surface area contributed by atoms with Crippen molar-refractivity contribution in [2.45, 2.75) is 47.2 Å². The molecular formula is C14H24N4OS. The van der Waals surface area contributed by atoms with Crippen molar-refractivity contribution in [1.29, 1.82) is 0 Å². The molecule has 0 bridgehead atoms. The minimum absolute atomic E-state index is 0.584. The van der Waals surface area contributed by atoms with Gasteiger partial charge in [-0.2, -0.15) is 5.10 Å². The molecule has 0 spiro atoms. The maximum atomic E-state index is 5.63. The molecule has 6 heteroatoms. The molecule has 0 aliphatic heterocycles. The number of aromatic nitrogens is 4. The van der Waals surface area contributed by atoms with Gasteiger partial charge in [-0.3, -0.25) is 0 Å². The molecule has 1 N–H and O–H groups in total. The molecule has 0 fully saturated rings. The molecule has 0 saturated carbocycles. The van der Waals surface area contributed by atoms with Crippen LogP contribution in [0.25, 0.3) is 11.2 Å². The third-order valence-corrected chi connectivity index (χ3v) is 3.58. The Morgan fingerprint density at radius 2 is 2.15 bits per heavy atom. The summed E-state index contributed by atoms with van der Waals surface area (Å²) in [6.45, 7) is 11.7. The van der Waals surface area contributed by atoms with Crippen LogP contribution in [0.2, 0.25) is 0 Å². The van der Waals surface area contributed by atoms with Gasteiger partial charge in [-0.1, -0.05) is 13.8 Å². The van der Waals surface area contributed by atoms with Gasteiger partial charge in [0.15, 0.2) is 10.4 Å². The Morgan fingerprint density at radius 3 is 2.80 bits per heavy atom. The molecule has 20 heavy (non-hydrogen) atoms. The van der Waals surface area contributed by atoms with Crippen LogP contribution in [0.1, 0.15) is 32.9 Å². The smallest absolute Gasteiger partial charge is 0.179 e. The van der Waals surface area contributed by atoms with E-state index in [0.29, 0.717) is 5.92 Å². The summed E-state index contributed by atoms with van der Waals surface area (Å²) in [6.07, 6.45) is 0.960. The lowest BCUT2D eigenvalue weighted by molar-refractivity contribution is 0.105. The number of nitrogens with one attached hydrogen (secondary N) is 1. The van der Waals surface area contributed by atoms with Gasteiger partial charge in [-0.15, -0.1) is 0 Å². The zero-order valence-electron chi connectivity index (χ0n) is 12.8. The summed E-state index contributed by atoms with van der Waals surface area (Å²) in [5.41, 5.74) is 3.15. The molecule has 0 unspecified atom stereocenters. The molecule has 0 atom stereocenters. The lowest BCUT2D eigenvalue weighted by atomic mass is 10.2. The highest BCUT2D eigenvalue weighted by Gasteiger charge is 2.13. The molecule has 0 aliphatic rings. The standard InChI is InChI=1S/C14H24N4OS/c1-5-18-13-12(11(4)16-18)15-14(20)17(13)7-6-8-19-9-10(2)3/h10H,5-9H2,1-4H3,(H,15,20). The van der Waals surface area contributed by atoms with Gasteiger partial charge >= 0.3 is 0 Å². The third-order valence-electron chi connectivity index (χ3n) is 3.25. The van der Waals surface area contributed by atoms with Gasteiger partial charge in [0.2, 0.25) is 0 Å². The van der Waals surface area contributed by atoms with Crippen LogP contribution in [-0.4, -0.2) is 32.5 Å². The highest BCUT2D eigenvalue weighted by molar-refractivity contribution is 7.71. The first-order chi connectivity index (χ1) is 9.54. The fraction of sp³-hybridized carbons (Fsp3) is 0.714. The van der Waals surface area contributed by atoms with Crippen molar-refractivity contribution in [1.82, 2.24) is 19.3 Å². The van der Waals surface area contributed by atoms with E-state index in [2.05, 4.69) is 35.4 Å². The second-order valence-electron chi connectivity index (χ2n) is 5.50. The predicted molar refractivity (Wildman–Crippen MR) is 83.6 cm³/mol. The Kier molecular flexibility index (Phi) is 4.99. The Morgan fingerprint density at radius 1 is 1.40 bits per heavy atom. The lowest BCUT2D eigenvalue weighted by Gasteiger charge is -2.08. The summed E-state index contributed by atoms with van der Waals surface area (Å²) in [4.78, 5) is 3.26. The zero-order valence-corrected chi connectivity index (χ0v) is 13.6. The van der Waals surface area contributed by atoms with E-state index in [9.17, 15) is 0 Å². The largest absolute Gasteiger partial charge is 0.381 e. The number of aromatic amines is 1. The Balaban J connectivity index is 2.09. The number of imidazole rings is 1. The second kappa shape index (κ2) is 6.54. The number of fused-ring (bicyclic) bond motifs is 1. The number of rotatable bonds is 7. The van der Waals surface area contributed by atoms with Crippen LogP contribution in [0.15, 0.2) is 0 Å². The minimum Gasteiger partial charge on any atom is -0.381 e. The Labute approximate surface area is 124 Å². The molecule has 0 saturated heterocycles. The van der Waals surface area contributed by atoms with Crippen LogP contribution in [0, 0.1) is 17.6 Å². The van der Waals surface area contributed by atoms with E-state index in [4.69, 9.17) is 17.0 Å². The van der Waals surface area contributed by atoms with Crippen molar-refractivity contribution in [3.63, 3.8) is 0 Å². The predicted octanol–water partition coefficient (Wildman–Crippen LogP) is 3.29. The van der Waals surface area contributed by atoms with E-state index in [1.807, 2.05) is 11.6 Å². The number of aryl methyl sites for hydroxylation is 3. The molecular weight excluding hydrogens is 272 g/mol. The lowest BCUT2D eigenvalue weighted by Crippen LogP contribution is -2.09. The van der Waals surface area contributed by atoms with Crippen LogP contribution in [0.5, 0.6) is 0 Å². The number of H-pyrrole nitrogens is 1. The van der Waals surface area contributed by atoms with Crippen molar-refractivity contribution < 1.29 is 4.74 Å². The van der Waals surface area contributed by atoms with Gasteiger partial charge in [-0.05, 0) is 38.4 Å². The van der Waals surface area contributed by atoms with Crippen LogP contribution < -0.4 is 0 Å². The Bertz CT molecular complexity index is 623. The first-order valence-corrected chi connectivity index (χ1v) is 7.69. The minimum atomic E-state index is 0.584. The van der Waals surface area contributed by atoms with Crippen molar-refractivity contribution in [3.8, 4) is 0 Å². The molecule has 2 heterocycles. The van der Waals surface area contributed by atoms with Crippen LogP contribution in [-0.2, 0) is 17.8 Å². The van der Waals surface area contributed by atoms with Crippen molar-refractivity contribution in [3.05, 3.63) is 10.5 Å².